The lowest BCUT2D eigenvalue weighted by atomic mass is 9.95. The summed E-state index contributed by atoms with van der Waals surface area (Å²) in [5.41, 5.74) is 1.27. The number of nitrogens with zero attached hydrogens (tertiary/aromatic N) is 1. The molecule has 2 aromatic carbocycles. The Bertz CT molecular complexity index is 910. The third-order valence-electron chi connectivity index (χ3n) is 4.78. The van der Waals surface area contributed by atoms with E-state index in [1.165, 1.54) is 16.4 Å². The van der Waals surface area contributed by atoms with E-state index in [1.807, 2.05) is 44.2 Å². The van der Waals surface area contributed by atoms with Gasteiger partial charge in [0.2, 0.25) is 15.9 Å². The van der Waals surface area contributed by atoms with Crippen molar-refractivity contribution in [2.75, 3.05) is 25.0 Å². The first kappa shape index (κ1) is 22.9. The molecular formula is C22H30N2O4S. The van der Waals surface area contributed by atoms with Crippen LogP contribution in [0.15, 0.2) is 53.4 Å². The lowest BCUT2D eigenvalue weighted by molar-refractivity contribution is -0.117. The van der Waals surface area contributed by atoms with Gasteiger partial charge in [-0.3, -0.25) is 4.79 Å². The highest BCUT2D eigenvalue weighted by Crippen LogP contribution is 2.31. The van der Waals surface area contributed by atoms with Crippen LogP contribution in [0.4, 0.5) is 5.69 Å². The molecule has 0 radical (unpaired) electrons. The average Bonchev–Trinajstić information content (AvgIpc) is 2.71. The molecule has 0 bridgehead atoms. The second-order valence-corrected chi connectivity index (χ2v) is 8.48. The van der Waals surface area contributed by atoms with Crippen molar-refractivity contribution in [3.63, 3.8) is 0 Å². The smallest absolute Gasteiger partial charge is 0.243 e. The first-order valence-corrected chi connectivity index (χ1v) is 11.5. The van der Waals surface area contributed by atoms with Crippen LogP contribution >= 0.6 is 0 Å². The Morgan fingerprint density at radius 3 is 2.24 bits per heavy atom. The molecule has 0 fully saturated rings. The third kappa shape index (κ3) is 5.36. The van der Waals surface area contributed by atoms with Gasteiger partial charge in [0.1, 0.15) is 5.75 Å². The van der Waals surface area contributed by atoms with Crippen LogP contribution in [-0.2, 0) is 14.8 Å². The zero-order chi connectivity index (χ0) is 21.4. The van der Waals surface area contributed by atoms with E-state index in [2.05, 4.69) is 5.32 Å². The lowest BCUT2D eigenvalue weighted by Crippen LogP contribution is -2.30. The summed E-state index contributed by atoms with van der Waals surface area (Å²) in [6.07, 6.45) is 0.622. The molecular weight excluding hydrogens is 388 g/mol. The largest absolute Gasteiger partial charge is 0.492 e. The van der Waals surface area contributed by atoms with Gasteiger partial charge in [-0.25, -0.2) is 8.42 Å². The van der Waals surface area contributed by atoms with Gasteiger partial charge >= 0.3 is 0 Å². The molecule has 1 atom stereocenters. The number of hydrogen-bond donors (Lipinski definition) is 1. The predicted molar refractivity (Wildman–Crippen MR) is 116 cm³/mol. The molecule has 0 aliphatic heterocycles. The molecule has 0 unspecified atom stereocenters. The Balaban J connectivity index is 2.40. The lowest BCUT2D eigenvalue weighted by Gasteiger charge is -2.21. The standard InChI is InChI=1S/C22H30N2O4S/c1-5-19(17-12-10-9-11-13-17)22(25)23-20-16-18(14-15-21(20)28-8-4)29(26,27)24(6-2)7-3/h9-16,19H,5-8H2,1-4H3,(H,23,25)/t19-/m0/s1. The van der Waals surface area contributed by atoms with Crippen LogP contribution < -0.4 is 10.1 Å². The minimum atomic E-state index is -3.64. The van der Waals surface area contributed by atoms with Gasteiger partial charge < -0.3 is 10.1 Å². The maximum Gasteiger partial charge on any atom is 0.243 e. The number of benzene rings is 2. The molecule has 1 N–H and O–H groups in total. The van der Waals surface area contributed by atoms with E-state index in [1.54, 1.807) is 19.9 Å². The van der Waals surface area contributed by atoms with Crippen LogP contribution in [-0.4, -0.2) is 38.3 Å². The van der Waals surface area contributed by atoms with Crippen molar-refractivity contribution < 1.29 is 17.9 Å². The Hall–Kier alpha value is -2.38. The fourth-order valence-electron chi connectivity index (χ4n) is 3.24. The topological polar surface area (TPSA) is 75.7 Å². The van der Waals surface area contributed by atoms with Gasteiger partial charge in [0.05, 0.1) is 23.1 Å². The first-order chi connectivity index (χ1) is 13.9. The van der Waals surface area contributed by atoms with Crippen molar-refractivity contribution in [1.29, 1.82) is 0 Å². The second-order valence-electron chi connectivity index (χ2n) is 6.54. The average molecular weight is 419 g/mol. The van der Waals surface area contributed by atoms with Crippen molar-refractivity contribution in [3.8, 4) is 5.75 Å². The van der Waals surface area contributed by atoms with Crippen LogP contribution in [0, 0.1) is 0 Å². The summed E-state index contributed by atoms with van der Waals surface area (Å²) in [6, 6.07) is 14.1. The minimum Gasteiger partial charge on any atom is -0.492 e. The molecule has 158 valence electrons. The fourth-order valence-corrected chi connectivity index (χ4v) is 4.72. The second kappa shape index (κ2) is 10.4. The molecule has 0 saturated heterocycles. The number of ether oxygens (including phenoxy) is 1. The maximum atomic E-state index is 13.0. The monoisotopic (exact) mass is 418 g/mol. The number of carbonyl (C=O) groups is 1. The van der Waals surface area contributed by atoms with Gasteiger partial charge in [0.25, 0.3) is 0 Å². The molecule has 29 heavy (non-hydrogen) atoms. The summed E-state index contributed by atoms with van der Waals surface area (Å²) in [5.74, 6) is -0.0898. The highest BCUT2D eigenvalue weighted by molar-refractivity contribution is 7.89. The fraction of sp³-hybridized carbons (Fsp3) is 0.409. The molecule has 2 aromatic rings. The molecule has 0 saturated carbocycles. The normalized spacial score (nSPS) is 12.6. The Morgan fingerprint density at radius 1 is 1.03 bits per heavy atom. The van der Waals surface area contributed by atoms with Crippen molar-refractivity contribution >= 4 is 21.6 Å². The van der Waals surface area contributed by atoms with Crippen molar-refractivity contribution in [2.24, 2.45) is 0 Å². The molecule has 0 spiro atoms. The highest BCUT2D eigenvalue weighted by Gasteiger charge is 2.25. The van der Waals surface area contributed by atoms with Gasteiger partial charge in [-0.15, -0.1) is 0 Å². The molecule has 0 heterocycles. The molecule has 1 amide bonds. The summed E-state index contributed by atoms with van der Waals surface area (Å²) in [4.78, 5) is 13.1. The Kier molecular flexibility index (Phi) is 8.22. The number of rotatable bonds is 10. The summed E-state index contributed by atoms with van der Waals surface area (Å²) >= 11 is 0. The number of carbonyl (C=O) groups excluding carboxylic acids is 1. The molecule has 0 aliphatic carbocycles. The molecule has 0 aromatic heterocycles. The van der Waals surface area contributed by atoms with Gasteiger partial charge in [-0.2, -0.15) is 4.31 Å². The van der Waals surface area contributed by atoms with Crippen LogP contribution in [0.2, 0.25) is 0 Å². The quantitative estimate of drug-likeness (QED) is 0.626. The van der Waals surface area contributed by atoms with E-state index >= 15 is 0 Å². The Morgan fingerprint density at radius 2 is 1.69 bits per heavy atom. The number of nitrogens with one attached hydrogen (secondary N) is 1. The first-order valence-electron chi connectivity index (χ1n) is 10.0. The van der Waals surface area contributed by atoms with Crippen LogP contribution in [0.5, 0.6) is 5.75 Å². The van der Waals surface area contributed by atoms with Crippen LogP contribution in [0.1, 0.15) is 45.6 Å². The van der Waals surface area contributed by atoms with E-state index in [0.29, 0.717) is 37.6 Å². The van der Waals surface area contributed by atoms with E-state index in [-0.39, 0.29) is 16.7 Å². The van der Waals surface area contributed by atoms with Crippen molar-refractivity contribution in [3.05, 3.63) is 54.1 Å². The van der Waals surface area contributed by atoms with Gasteiger partial charge in [-0.05, 0) is 37.1 Å². The molecule has 0 aliphatic rings. The van der Waals surface area contributed by atoms with Gasteiger partial charge in [0, 0.05) is 13.1 Å². The number of amides is 1. The number of anilines is 1. The summed E-state index contributed by atoms with van der Waals surface area (Å²) in [7, 11) is -3.64. The highest BCUT2D eigenvalue weighted by atomic mass is 32.2. The van der Waals surface area contributed by atoms with E-state index < -0.39 is 10.0 Å². The minimum absolute atomic E-state index is 0.132. The van der Waals surface area contributed by atoms with Crippen LogP contribution in [0.25, 0.3) is 0 Å². The van der Waals surface area contributed by atoms with Gasteiger partial charge in [0.15, 0.2) is 0 Å². The Labute approximate surface area is 173 Å². The van der Waals surface area contributed by atoms with E-state index in [0.717, 1.165) is 5.56 Å². The van der Waals surface area contributed by atoms with Crippen molar-refractivity contribution in [2.45, 2.75) is 44.9 Å². The summed E-state index contributed by atoms with van der Waals surface area (Å²) in [6.45, 7) is 8.53. The maximum absolute atomic E-state index is 13.0. The number of sulfonamides is 1. The predicted octanol–water partition coefficient (Wildman–Crippen LogP) is 4.25. The number of hydrogen-bond acceptors (Lipinski definition) is 4. The summed E-state index contributed by atoms with van der Waals surface area (Å²) < 4.78 is 32.8. The summed E-state index contributed by atoms with van der Waals surface area (Å²) in [5, 5.41) is 2.89. The molecule has 2 rings (SSSR count). The molecule has 7 heteroatoms. The third-order valence-corrected chi connectivity index (χ3v) is 6.82. The van der Waals surface area contributed by atoms with Crippen molar-refractivity contribution in [1.82, 2.24) is 4.31 Å². The zero-order valence-corrected chi connectivity index (χ0v) is 18.3. The van der Waals surface area contributed by atoms with E-state index in [9.17, 15) is 13.2 Å². The van der Waals surface area contributed by atoms with Gasteiger partial charge in [-0.1, -0.05) is 51.1 Å². The SMILES string of the molecule is CCOc1ccc(S(=O)(=O)N(CC)CC)cc1NC(=O)[C@@H](CC)c1ccccc1. The van der Waals surface area contributed by atoms with Crippen LogP contribution in [0.3, 0.4) is 0 Å². The molecule has 6 nitrogen and oxygen atoms in total. The zero-order valence-electron chi connectivity index (χ0n) is 17.5. The van der Waals surface area contributed by atoms with E-state index in [4.69, 9.17) is 4.74 Å².